The van der Waals surface area contributed by atoms with Gasteiger partial charge in [-0.1, -0.05) is 49.5 Å². The van der Waals surface area contributed by atoms with Gasteiger partial charge in [0.25, 0.3) is 0 Å². The van der Waals surface area contributed by atoms with Crippen molar-refractivity contribution >= 4 is 20.6 Å². The van der Waals surface area contributed by atoms with Crippen LogP contribution in [0.3, 0.4) is 0 Å². The molecule has 1 rings (SSSR count). The first-order valence-corrected chi connectivity index (χ1v) is 12.3. The molecule has 0 fully saturated rings. The normalized spacial score (nSPS) is 16.1. The van der Waals surface area contributed by atoms with Gasteiger partial charge in [0, 0.05) is 7.11 Å². The van der Waals surface area contributed by atoms with Crippen molar-refractivity contribution in [1.29, 1.82) is 0 Å². The van der Waals surface area contributed by atoms with E-state index in [4.69, 9.17) is 4.43 Å². The molecule has 0 heterocycles. The average Bonchev–Trinajstić information content (AvgIpc) is 2.16. The minimum Gasteiger partial charge on any atom is -0.418 e. The van der Waals surface area contributed by atoms with Gasteiger partial charge in [-0.05, 0) is 18.7 Å². The van der Waals surface area contributed by atoms with Crippen molar-refractivity contribution in [3.63, 3.8) is 0 Å². The maximum absolute atomic E-state index is 5.93. The fourth-order valence-electron chi connectivity index (χ4n) is 1.73. The van der Waals surface area contributed by atoms with Crippen LogP contribution in [0.15, 0.2) is 24.3 Å². The van der Waals surface area contributed by atoms with E-state index in [0.717, 1.165) is 0 Å². The summed E-state index contributed by atoms with van der Waals surface area (Å²) >= 11 is 0. The van der Waals surface area contributed by atoms with Crippen LogP contribution in [-0.2, 0) is 4.43 Å². The molecular weight excluding hydrogens is 216 g/mol. The van der Waals surface area contributed by atoms with E-state index in [1.165, 1.54) is 10.8 Å². The van der Waals surface area contributed by atoms with Crippen LogP contribution in [0.25, 0.3) is 0 Å². The summed E-state index contributed by atoms with van der Waals surface area (Å²) in [5.74, 6) is 0. The standard InChI is InChI=1S/C12H22OSi2/c1-11-7-9-12(10-8-11)15(6,13-2)14(3,4)5/h7-10H,1-6H3. The molecule has 3 heteroatoms. The first-order chi connectivity index (χ1) is 6.81. The van der Waals surface area contributed by atoms with Gasteiger partial charge < -0.3 is 4.43 Å². The summed E-state index contributed by atoms with van der Waals surface area (Å²) < 4.78 is 5.93. The molecule has 0 aliphatic rings. The predicted molar refractivity (Wildman–Crippen MR) is 72.8 cm³/mol. The maximum Gasteiger partial charge on any atom is 0.206 e. The van der Waals surface area contributed by atoms with Gasteiger partial charge in [-0.25, -0.2) is 0 Å². The molecule has 1 nitrogen and oxygen atoms in total. The number of aryl methyl sites for hydroxylation is 1. The molecule has 84 valence electrons. The van der Waals surface area contributed by atoms with Crippen LogP contribution in [0, 0.1) is 6.92 Å². The summed E-state index contributed by atoms with van der Waals surface area (Å²) in [6.07, 6.45) is 0. The molecule has 0 radical (unpaired) electrons. The molecule has 0 aliphatic carbocycles. The highest BCUT2D eigenvalue weighted by molar-refractivity contribution is 7.43. The highest BCUT2D eigenvalue weighted by Crippen LogP contribution is 2.19. The molecule has 0 aromatic heterocycles. The lowest BCUT2D eigenvalue weighted by Crippen LogP contribution is -2.65. The van der Waals surface area contributed by atoms with Gasteiger partial charge in [-0.3, -0.25) is 0 Å². The summed E-state index contributed by atoms with van der Waals surface area (Å²) in [5.41, 5.74) is 1.32. The Morgan fingerprint density at radius 1 is 0.933 bits per heavy atom. The number of rotatable bonds is 3. The number of hydrogen-bond acceptors (Lipinski definition) is 1. The van der Waals surface area contributed by atoms with Crippen molar-refractivity contribution in [2.24, 2.45) is 0 Å². The topological polar surface area (TPSA) is 9.23 Å². The van der Waals surface area contributed by atoms with Gasteiger partial charge in [-0.2, -0.15) is 0 Å². The largest absolute Gasteiger partial charge is 0.418 e. The van der Waals surface area contributed by atoms with Crippen molar-refractivity contribution in [2.75, 3.05) is 7.11 Å². The Morgan fingerprint density at radius 3 is 1.73 bits per heavy atom. The van der Waals surface area contributed by atoms with Gasteiger partial charge in [0.1, 0.15) is 0 Å². The molecule has 1 aromatic rings. The predicted octanol–water partition coefficient (Wildman–Crippen LogP) is 2.84. The highest BCUT2D eigenvalue weighted by atomic mass is 29.3. The third-order valence-corrected chi connectivity index (χ3v) is 18.6. The first-order valence-electron chi connectivity index (χ1n) is 5.43. The first kappa shape index (κ1) is 12.7. The Hall–Kier alpha value is -0.386. The molecule has 0 saturated carbocycles. The lowest BCUT2D eigenvalue weighted by Gasteiger charge is -2.37. The maximum atomic E-state index is 5.93. The van der Waals surface area contributed by atoms with Gasteiger partial charge in [-0.15, -0.1) is 0 Å². The van der Waals surface area contributed by atoms with Gasteiger partial charge >= 0.3 is 0 Å². The minimum atomic E-state index is -1.69. The zero-order chi connectivity index (χ0) is 11.7. The van der Waals surface area contributed by atoms with Crippen LogP contribution in [0.2, 0.25) is 26.2 Å². The average molecular weight is 238 g/mol. The molecule has 0 N–H and O–H groups in total. The number of benzene rings is 1. The van der Waals surface area contributed by atoms with E-state index >= 15 is 0 Å². The molecule has 15 heavy (non-hydrogen) atoms. The summed E-state index contributed by atoms with van der Waals surface area (Å²) in [4.78, 5) is 0. The summed E-state index contributed by atoms with van der Waals surface area (Å²) in [6.45, 7) is 11.7. The lowest BCUT2D eigenvalue weighted by molar-refractivity contribution is 0.424. The van der Waals surface area contributed by atoms with Crippen molar-refractivity contribution in [2.45, 2.75) is 33.1 Å². The fraction of sp³-hybridized carbons (Fsp3) is 0.500. The van der Waals surface area contributed by atoms with Crippen LogP contribution in [0.5, 0.6) is 0 Å². The van der Waals surface area contributed by atoms with E-state index < -0.39 is 15.4 Å². The Bertz CT molecular complexity index is 326. The van der Waals surface area contributed by atoms with Crippen LogP contribution < -0.4 is 5.19 Å². The smallest absolute Gasteiger partial charge is 0.206 e. The zero-order valence-electron chi connectivity index (χ0n) is 10.7. The van der Waals surface area contributed by atoms with Crippen molar-refractivity contribution in [3.05, 3.63) is 29.8 Å². The van der Waals surface area contributed by atoms with Crippen molar-refractivity contribution in [1.82, 2.24) is 0 Å². The van der Waals surface area contributed by atoms with Gasteiger partial charge in [0.05, 0.1) is 7.59 Å². The van der Waals surface area contributed by atoms with Crippen LogP contribution >= 0.6 is 0 Å². The minimum absolute atomic E-state index is 1.25. The fourth-order valence-corrected chi connectivity index (χ4v) is 9.18. The van der Waals surface area contributed by atoms with E-state index in [9.17, 15) is 0 Å². The molecule has 0 spiro atoms. The van der Waals surface area contributed by atoms with E-state index in [2.05, 4.69) is 57.4 Å². The lowest BCUT2D eigenvalue weighted by atomic mass is 10.2. The molecule has 1 atom stereocenters. The van der Waals surface area contributed by atoms with Crippen molar-refractivity contribution in [3.8, 4) is 0 Å². The third kappa shape index (κ3) is 2.41. The molecule has 0 amide bonds. The molecular formula is C12H22OSi2. The second-order valence-corrected chi connectivity index (χ2v) is 20.3. The second kappa shape index (κ2) is 4.24. The molecule has 0 saturated heterocycles. The SMILES string of the molecule is CO[Si](C)(c1ccc(C)cc1)[Si](C)(C)C. The quantitative estimate of drug-likeness (QED) is 0.736. The summed E-state index contributed by atoms with van der Waals surface area (Å²) in [7, 11) is -1.06. The Balaban J connectivity index is 3.18. The van der Waals surface area contributed by atoms with E-state index in [1.54, 1.807) is 0 Å². The molecule has 1 unspecified atom stereocenters. The van der Waals surface area contributed by atoms with Crippen LogP contribution in [0.4, 0.5) is 0 Å². The van der Waals surface area contributed by atoms with Gasteiger partial charge in [0.15, 0.2) is 0 Å². The monoisotopic (exact) mass is 238 g/mol. The summed E-state index contributed by atoms with van der Waals surface area (Å²) in [5, 5.41) is 1.44. The molecule has 0 bridgehead atoms. The van der Waals surface area contributed by atoms with Gasteiger partial charge in [0.2, 0.25) is 7.83 Å². The Morgan fingerprint density at radius 2 is 1.40 bits per heavy atom. The number of hydrogen-bond donors (Lipinski definition) is 0. The van der Waals surface area contributed by atoms with E-state index in [-0.39, 0.29) is 0 Å². The Kier molecular flexibility index (Phi) is 3.58. The second-order valence-electron chi connectivity index (χ2n) is 5.35. The third-order valence-electron chi connectivity index (χ3n) is 3.44. The van der Waals surface area contributed by atoms with Crippen LogP contribution in [-0.4, -0.2) is 22.5 Å². The summed E-state index contributed by atoms with van der Waals surface area (Å²) in [6, 6.07) is 8.89. The van der Waals surface area contributed by atoms with E-state index in [1.807, 2.05) is 7.11 Å². The zero-order valence-corrected chi connectivity index (χ0v) is 12.7. The van der Waals surface area contributed by atoms with Crippen LogP contribution in [0.1, 0.15) is 5.56 Å². The Labute approximate surface area is 95.4 Å². The van der Waals surface area contributed by atoms with Crippen molar-refractivity contribution < 1.29 is 4.43 Å². The molecule has 1 aromatic carbocycles. The molecule has 0 aliphatic heterocycles. The van der Waals surface area contributed by atoms with E-state index in [0.29, 0.717) is 0 Å². The highest BCUT2D eigenvalue weighted by Gasteiger charge is 2.44.